The quantitative estimate of drug-likeness (QED) is 0.387. The molecule has 0 saturated carbocycles. The molecule has 0 aliphatic carbocycles. The van der Waals surface area contributed by atoms with Crippen molar-refractivity contribution in [1.29, 1.82) is 0 Å². The van der Waals surface area contributed by atoms with Crippen LogP contribution in [-0.4, -0.2) is 51.8 Å². The van der Waals surface area contributed by atoms with Crippen molar-refractivity contribution in [1.82, 2.24) is 15.1 Å². The molecule has 1 atom stereocenters. The van der Waals surface area contributed by atoms with Gasteiger partial charge >= 0.3 is 6.09 Å². The number of hydrogen-bond acceptors (Lipinski definition) is 7. The zero-order chi connectivity index (χ0) is 25.4. The average molecular weight is 520 g/mol. The molecule has 1 aliphatic rings. The summed E-state index contributed by atoms with van der Waals surface area (Å²) in [7, 11) is 0. The fraction of sp³-hybridized carbons (Fsp3) is 0.400. The van der Waals surface area contributed by atoms with Gasteiger partial charge in [-0.3, -0.25) is 4.90 Å². The lowest BCUT2D eigenvalue weighted by Crippen LogP contribution is -2.51. The molecule has 1 aliphatic heterocycles. The lowest BCUT2D eigenvalue weighted by atomic mass is 10.2. The maximum Gasteiger partial charge on any atom is 0.413 e. The van der Waals surface area contributed by atoms with Crippen molar-refractivity contribution in [2.24, 2.45) is 0 Å². The summed E-state index contributed by atoms with van der Waals surface area (Å²) in [4.78, 5) is 14.3. The number of rotatable bonds is 5. The molecule has 35 heavy (non-hydrogen) atoms. The second kappa shape index (κ2) is 9.72. The van der Waals surface area contributed by atoms with E-state index in [1.165, 1.54) is 28.4 Å². The van der Waals surface area contributed by atoms with E-state index in [4.69, 9.17) is 25.8 Å². The topological polar surface area (TPSA) is 73.8 Å². The summed E-state index contributed by atoms with van der Waals surface area (Å²) >= 11 is 7.79. The van der Waals surface area contributed by atoms with Crippen LogP contribution in [0, 0.1) is 5.82 Å². The van der Waals surface area contributed by atoms with E-state index in [9.17, 15) is 9.18 Å². The first kappa shape index (κ1) is 25.3. The van der Waals surface area contributed by atoms with Crippen molar-refractivity contribution in [3.63, 3.8) is 0 Å². The average Bonchev–Trinajstić information content (AvgIpc) is 3.37. The number of hydrogen-bond donors (Lipinski definition) is 0. The van der Waals surface area contributed by atoms with Crippen LogP contribution >= 0.6 is 22.9 Å². The number of aromatic nitrogens is 2. The highest BCUT2D eigenvalue weighted by atomic mass is 35.5. The Morgan fingerprint density at radius 1 is 1.23 bits per heavy atom. The summed E-state index contributed by atoms with van der Waals surface area (Å²) in [5, 5.41) is 9.88. The molecule has 0 N–H and O–H groups in total. The monoisotopic (exact) mass is 519 g/mol. The minimum absolute atomic E-state index is 0.00618. The number of halogens is 2. The second-order valence-corrected chi connectivity index (χ2v) is 11.0. The number of amides is 1. The maximum atomic E-state index is 15.0. The first-order chi connectivity index (χ1) is 16.4. The van der Waals surface area contributed by atoms with Crippen LogP contribution in [0.3, 0.4) is 0 Å². The maximum absolute atomic E-state index is 15.0. The van der Waals surface area contributed by atoms with Crippen molar-refractivity contribution >= 4 is 29.0 Å². The van der Waals surface area contributed by atoms with E-state index in [0.29, 0.717) is 15.6 Å². The zero-order valence-electron chi connectivity index (χ0n) is 20.2. The Balaban J connectivity index is 1.50. The predicted molar refractivity (Wildman–Crippen MR) is 133 cm³/mol. The number of nitrogens with zero attached hydrogens (tertiary/aromatic N) is 3. The zero-order valence-corrected chi connectivity index (χ0v) is 21.7. The van der Waals surface area contributed by atoms with Gasteiger partial charge in [0.25, 0.3) is 0 Å². The lowest BCUT2D eigenvalue weighted by molar-refractivity contribution is -0.0637. The van der Waals surface area contributed by atoms with E-state index in [0.717, 1.165) is 5.56 Å². The van der Waals surface area contributed by atoms with Crippen molar-refractivity contribution < 1.29 is 23.4 Å². The summed E-state index contributed by atoms with van der Waals surface area (Å²) in [6.45, 7) is 9.16. The lowest BCUT2D eigenvalue weighted by Gasteiger charge is -2.35. The Labute approximate surface area is 212 Å². The number of carbonyl (C=O) groups excluding carboxylic acids is 1. The van der Waals surface area contributed by atoms with Crippen LogP contribution in [0.2, 0.25) is 5.02 Å². The Bertz CT molecular complexity index is 1210. The third kappa shape index (κ3) is 5.74. The normalized spacial score (nSPS) is 17.5. The Morgan fingerprint density at radius 3 is 2.60 bits per heavy atom. The number of benzene rings is 2. The van der Waals surface area contributed by atoms with Gasteiger partial charge in [-0.25, -0.2) is 9.18 Å². The molecule has 0 spiro atoms. The van der Waals surface area contributed by atoms with Crippen LogP contribution in [0.15, 0.2) is 42.5 Å². The minimum atomic E-state index is -0.884. The van der Waals surface area contributed by atoms with Crippen molar-refractivity contribution in [2.75, 3.05) is 13.2 Å². The van der Waals surface area contributed by atoms with Crippen molar-refractivity contribution in [3.8, 4) is 26.9 Å². The molecule has 0 radical (unpaired) electrons. The molecule has 7 nitrogen and oxygen atoms in total. The highest BCUT2D eigenvalue weighted by molar-refractivity contribution is 7.18. The summed E-state index contributed by atoms with van der Waals surface area (Å²) in [6, 6.07) is 11.8. The van der Waals surface area contributed by atoms with Crippen LogP contribution in [-0.2, 0) is 9.47 Å². The van der Waals surface area contributed by atoms with Crippen molar-refractivity contribution in [2.45, 2.75) is 52.0 Å². The standard InChI is InChI=1S/C25H27ClFN3O4S/c1-24(2,3)34-23(31)30-16(14-33-25(30,4)5)13-32-20-12-18(26)17(11-19(20)27)22-29-28-21(35-22)15-9-7-6-8-10-15/h6-12,16H,13-14H2,1-5H3. The highest BCUT2D eigenvalue weighted by Gasteiger charge is 2.46. The van der Waals surface area contributed by atoms with E-state index < -0.39 is 29.3 Å². The Kier molecular flexibility index (Phi) is 7.04. The predicted octanol–water partition coefficient (Wildman–Crippen LogP) is 6.42. The molecule has 1 amide bonds. The van der Waals surface area contributed by atoms with Crippen LogP contribution in [0.25, 0.3) is 21.1 Å². The summed E-state index contributed by atoms with van der Waals surface area (Å²) in [6.07, 6.45) is -0.520. The van der Waals surface area contributed by atoms with Gasteiger partial charge in [0.2, 0.25) is 0 Å². The molecule has 10 heteroatoms. The van der Waals surface area contributed by atoms with Crippen LogP contribution in [0.4, 0.5) is 9.18 Å². The van der Waals surface area contributed by atoms with Crippen molar-refractivity contribution in [3.05, 3.63) is 53.3 Å². The van der Waals surface area contributed by atoms with E-state index >= 15 is 0 Å². The molecule has 1 saturated heterocycles. The third-order valence-electron chi connectivity index (χ3n) is 5.29. The van der Waals surface area contributed by atoms with Crippen LogP contribution in [0.5, 0.6) is 5.75 Å². The fourth-order valence-corrected chi connectivity index (χ4v) is 4.88. The van der Waals surface area contributed by atoms with Crippen LogP contribution < -0.4 is 4.74 Å². The fourth-order valence-electron chi connectivity index (χ4n) is 3.71. The number of ether oxygens (including phenoxy) is 3. The van der Waals surface area contributed by atoms with E-state index in [1.807, 2.05) is 30.3 Å². The summed E-state index contributed by atoms with van der Waals surface area (Å²) in [5.41, 5.74) is -0.201. The van der Waals surface area contributed by atoms with Gasteiger partial charge in [-0.15, -0.1) is 10.2 Å². The van der Waals surface area contributed by atoms with E-state index in [-0.39, 0.29) is 24.0 Å². The van der Waals surface area contributed by atoms with E-state index in [1.54, 1.807) is 34.6 Å². The second-order valence-electron chi connectivity index (χ2n) is 9.61. The molecule has 3 aromatic rings. The van der Waals surface area contributed by atoms with Crippen LogP contribution in [0.1, 0.15) is 34.6 Å². The third-order valence-corrected chi connectivity index (χ3v) is 6.61. The van der Waals surface area contributed by atoms with Gasteiger partial charge < -0.3 is 14.2 Å². The van der Waals surface area contributed by atoms with E-state index in [2.05, 4.69) is 10.2 Å². The number of carbonyl (C=O) groups is 1. The minimum Gasteiger partial charge on any atom is -0.488 e. The van der Waals surface area contributed by atoms with Gasteiger partial charge in [0.05, 0.1) is 17.7 Å². The van der Waals surface area contributed by atoms with Gasteiger partial charge in [0.1, 0.15) is 27.9 Å². The van der Waals surface area contributed by atoms with Gasteiger partial charge in [-0.05, 0) is 40.7 Å². The summed E-state index contributed by atoms with van der Waals surface area (Å²) < 4.78 is 32.0. The molecule has 2 aromatic carbocycles. The first-order valence-electron chi connectivity index (χ1n) is 11.1. The van der Waals surface area contributed by atoms with Gasteiger partial charge in [0.15, 0.2) is 11.6 Å². The molecule has 4 rings (SSSR count). The Morgan fingerprint density at radius 2 is 1.91 bits per heavy atom. The molecule has 1 fully saturated rings. The molecule has 186 valence electrons. The smallest absolute Gasteiger partial charge is 0.413 e. The molecule has 2 heterocycles. The highest BCUT2D eigenvalue weighted by Crippen LogP contribution is 2.37. The molecular weight excluding hydrogens is 493 g/mol. The molecule has 1 aromatic heterocycles. The Hall–Kier alpha value is -2.75. The van der Waals surface area contributed by atoms with Gasteiger partial charge in [-0.2, -0.15) is 0 Å². The SMILES string of the molecule is CC(C)(C)OC(=O)N1C(COc2cc(Cl)c(-c3nnc(-c4ccccc4)s3)cc2F)COC1(C)C. The van der Waals surface area contributed by atoms with Gasteiger partial charge in [0, 0.05) is 17.2 Å². The molecule has 0 bridgehead atoms. The summed E-state index contributed by atoms with van der Waals surface area (Å²) in [5.74, 6) is -0.622. The van der Waals surface area contributed by atoms with Gasteiger partial charge in [-0.1, -0.05) is 53.3 Å². The largest absolute Gasteiger partial charge is 0.488 e. The molecular formula is C25H27ClFN3O4S. The molecule has 1 unspecified atom stereocenters. The first-order valence-corrected chi connectivity index (χ1v) is 12.3.